The number of hydrogen-bond donors (Lipinski definition) is 0. The second-order valence-electron chi connectivity index (χ2n) is 5.59. The molecule has 1 aliphatic rings. The molecule has 3 heterocycles. The van der Waals surface area contributed by atoms with Gasteiger partial charge in [0.05, 0.1) is 12.0 Å². The molecule has 102 valence electrons. The van der Waals surface area contributed by atoms with Gasteiger partial charge in [0, 0.05) is 51.7 Å². The van der Waals surface area contributed by atoms with E-state index in [1.807, 2.05) is 18.7 Å². The van der Waals surface area contributed by atoms with Gasteiger partial charge < -0.3 is 14.0 Å². The number of fused-ring (bicyclic) bond motifs is 1. The molecule has 2 aromatic heterocycles. The first-order chi connectivity index (χ1) is 9.22. The fraction of sp³-hybridized carbons (Fsp3) is 0.571. The van der Waals surface area contributed by atoms with Crippen molar-refractivity contribution in [3.8, 4) is 0 Å². The molecule has 0 saturated carbocycles. The summed E-state index contributed by atoms with van der Waals surface area (Å²) in [4.78, 5) is 10.9. The predicted octanol–water partition coefficient (Wildman–Crippen LogP) is 1.31. The van der Waals surface area contributed by atoms with Gasteiger partial charge in [0.15, 0.2) is 0 Å². The minimum absolute atomic E-state index is 0.722. The molecule has 0 fully saturated rings. The van der Waals surface area contributed by atoms with E-state index in [0.717, 1.165) is 32.0 Å². The maximum atomic E-state index is 4.38. The van der Waals surface area contributed by atoms with E-state index in [1.54, 1.807) is 0 Å². The van der Waals surface area contributed by atoms with Crippen LogP contribution in [0.3, 0.4) is 0 Å². The van der Waals surface area contributed by atoms with Crippen LogP contribution in [-0.2, 0) is 26.6 Å². The maximum Gasteiger partial charge on any atom is 0.108 e. The fourth-order valence-electron chi connectivity index (χ4n) is 2.90. The van der Waals surface area contributed by atoms with Gasteiger partial charge in [-0.3, -0.25) is 0 Å². The highest BCUT2D eigenvalue weighted by Gasteiger charge is 2.20. The van der Waals surface area contributed by atoms with Crippen molar-refractivity contribution in [2.75, 3.05) is 13.6 Å². The first-order valence-corrected chi connectivity index (χ1v) is 6.86. The fourth-order valence-corrected chi connectivity index (χ4v) is 2.90. The number of hydrogen-bond acceptors (Lipinski definition) is 3. The van der Waals surface area contributed by atoms with Crippen molar-refractivity contribution in [2.45, 2.75) is 25.9 Å². The van der Waals surface area contributed by atoms with Crippen molar-refractivity contribution < 1.29 is 0 Å². The molecule has 19 heavy (non-hydrogen) atoms. The van der Waals surface area contributed by atoms with E-state index < -0.39 is 0 Å². The van der Waals surface area contributed by atoms with E-state index in [4.69, 9.17) is 0 Å². The Morgan fingerprint density at radius 1 is 1.47 bits per heavy atom. The van der Waals surface area contributed by atoms with Crippen molar-refractivity contribution in [2.24, 2.45) is 13.0 Å². The van der Waals surface area contributed by atoms with Crippen LogP contribution < -0.4 is 0 Å². The summed E-state index contributed by atoms with van der Waals surface area (Å²) >= 11 is 0. The zero-order valence-corrected chi connectivity index (χ0v) is 11.7. The van der Waals surface area contributed by atoms with Crippen LogP contribution >= 0.6 is 0 Å². The molecule has 1 atom stereocenters. The molecule has 0 unspecified atom stereocenters. The molecule has 5 heteroatoms. The molecular formula is C14H21N5. The molecule has 0 aliphatic carbocycles. The monoisotopic (exact) mass is 259 g/mol. The second kappa shape index (κ2) is 5.17. The molecule has 5 nitrogen and oxygen atoms in total. The van der Waals surface area contributed by atoms with E-state index in [1.165, 1.54) is 17.9 Å². The lowest BCUT2D eigenvalue weighted by atomic mass is 9.99. The van der Waals surface area contributed by atoms with Crippen LogP contribution in [-0.4, -0.2) is 37.6 Å². The Balaban J connectivity index is 1.56. The predicted molar refractivity (Wildman–Crippen MR) is 73.6 cm³/mol. The van der Waals surface area contributed by atoms with Gasteiger partial charge in [0.2, 0.25) is 0 Å². The SMILES string of the molecule is CN(Cc1cncn1C)C[C@@H]1CCc2nccn2C1. The Labute approximate surface area is 113 Å². The van der Waals surface area contributed by atoms with Crippen LogP contribution in [0.25, 0.3) is 0 Å². The Morgan fingerprint density at radius 2 is 2.37 bits per heavy atom. The molecule has 0 aromatic carbocycles. The quantitative estimate of drug-likeness (QED) is 0.831. The summed E-state index contributed by atoms with van der Waals surface area (Å²) in [5.41, 5.74) is 1.27. The number of nitrogens with zero attached hydrogens (tertiary/aromatic N) is 5. The molecule has 2 aromatic rings. The number of imidazole rings is 2. The number of rotatable bonds is 4. The second-order valence-corrected chi connectivity index (χ2v) is 5.59. The van der Waals surface area contributed by atoms with E-state index in [2.05, 4.69) is 44.3 Å². The highest BCUT2D eigenvalue weighted by Crippen LogP contribution is 2.19. The average molecular weight is 259 g/mol. The molecule has 0 amide bonds. The van der Waals surface area contributed by atoms with Gasteiger partial charge in [-0.25, -0.2) is 9.97 Å². The third-order valence-electron chi connectivity index (χ3n) is 3.95. The van der Waals surface area contributed by atoms with Crippen molar-refractivity contribution in [1.29, 1.82) is 0 Å². The van der Waals surface area contributed by atoms with E-state index >= 15 is 0 Å². The number of aryl methyl sites for hydroxylation is 2. The van der Waals surface area contributed by atoms with Crippen LogP contribution in [0.2, 0.25) is 0 Å². The summed E-state index contributed by atoms with van der Waals surface area (Å²) in [5.74, 6) is 1.96. The highest BCUT2D eigenvalue weighted by atomic mass is 15.1. The van der Waals surface area contributed by atoms with E-state index in [9.17, 15) is 0 Å². The summed E-state index contributed by atoms with van der Waals surface area (Å²) in [7, 11) is 4.24. The smallest absolute Gasteiger partial charge is 0.108 e. The molecule has 0 spiro atoms. The Bertz CT molecular complexity index is 542. The summed E-state index contributed by atoms with van der Waals surface area (Å²) in [6.45, 7) is 3.19. The zero-order valence-electron chi connectivity index (χ0n) is 11.7. The van der Waals surface area contributed by atoms with Gasteiger partial charge in [-0.15, -0.1) is 0 Å². The molecular weight excluding hydrogens is 238 g/mol. The van der Waals surface area contributed by atoms with Crippen LogP contribution in [0.1, 0.15) is 17.9 Å². The van der Waals surface area contributed by atoms with Crippen LogP contribution in [0, 0.1) is 5.92 Å². The van der Waals surface area contributed by atoms with Crippen molar-refractivity contribution in [3.05, 3.63) is 36.4 Å². The molecule has 0 radical (unpaired) electrons. The van der Waals surface area contributed by atoms with Gasteiger partial charge in [-0.1, -0.05) is 0 Å². The van der Waals surface area contributed by atoms with Crippen LogP contribution in [0.5, 0.6) is 0 Å². The number of aromatic nitrogens is 4. The summed E-state index contributed by atoms with van der Waals surface area (Å²) < 4.78 is 4.39. The van der Waals surface area contributed by atoms with E-state index in [-0.39, 0.29) is 0 Å². The van der Waals surface area contributed by atoms with E-state index in [0.29, 0.717) is 0 Å². The largest absolute Gasteiger partial charge is 0.337 e. The lowest BCUT2D eigenvalue weighted by molar-refractivity contribution is 0.226. The van der Waals surface area contributed by atoms with Gasteiger partial charge in [0.1, 0.15) is 5.82 Å². The Hall–Kier alpha value is -1.62. The molecule has 0 N–H and O–H groups in total. The topological polar surface area (TPSA) is 38.9 Å². The summed E-state index contributed by atoms with van der Waals surface area (Å²) in [6.07, 6.45) is 10.2. The van der Waals surface area contributed by atoms with Crippen LogP contribution in [0.4, 0.5) is 0 Å². The van der Waals surface area contributed by atoms with Crippen LogP contribution in [0.15, 0.2) is 24.9 Å². The molecule has 0 bridgehead atoms. The van der Waals surface area contributed by atoms with Gasteiger partial charge >= 0.3 is 0 Å². The van der Waals surface area contributed by atoms with Crippen molar-refractivity contribution >= 4 is 0 Å². The maximum absolute atomic E-state index is 4.38. The van der Waals surface area contributed by atoms with Gasteiger partial charge in [-0.2, -0.15) is 0 Å². The van der Waals surface area contributed by atoms with Gasteiger partial charge in [0.25, 0.3) is 0 Å². The third kappa shape index (κ3) is 2.71. The average Bonchev–Trinajstić information content (AvgIpc) is 2.98. The minimum Gasteiger partial charge on any atom is -0.337 e. The standard InChI is InChI=1S/C14H21N5/c1-17(10-13-7-15-11-18(13)2)8-12-3-4-14-16-5-6-19(14)9-12/h5-7,11-12H,3-4,8-10H2,1-2H3/t12-/m0/s1. The zero-order chi connectivity index (χ0) is 13.2. The normalized spacial score (nSPS) is 18.8. The molecule has 0 saturated heterocycles. The summed E-state index contributed by atoms with van der Waals surface area (Å²) in [6, 6.07) is 0. The highest BCUT2D eigenvalue weighted by molar-refractivity contribution is 4.99. The minimum atomic E-state index is 0.722. The first-order valence-electron chi connectivity index (χ1n) is 6.86. The third-order valence-corrected chi connectivity index (χ3v) is 3.95. The Morgan fingerprint density at radius 3 is 3.16 bits per heavy atom. The molecule has 3 rings (SSSR count). The lowest BCUT2D eigenvalue weighted by Crippen LogP contribution is -2.31. The first kappa shape index (κ1) is 12.4. The molecule has 1 aliphatic heterocycles. The van der Waals surface area contributed by atoms with Crippen molar-refractivity contribution in [1.82, 2.24) is 24.0 Å². The lowest BCUT2D eigenvalue weighted by Gasteiger charge is -2.28. The summed E-state index contributed by atoms with van der Waals surface area (Å²) in [5, 5.41) is 0. The Kier molecular flexibility index (Phi) is 3.38. The van der Waals surface area contributed by atoms with Gasteiger partial charge in [-0.05, 0) is 19.4 Å². The van der Waals surface area contributed by atoms with Crippen molar-refractivity contribution in [3.63, 3.8) is 0 Å².